The van der Waals surface area contributed by atoms with Crippen LogP contribution >= 0.6 is 0 Å². The van der Waals surface area contributed by atoms with Crippen LogP contribution in [-0.4, -0.2) is 18.0 Å². The molecule has 0 aromatic carbocycles. The van der Waals surface area contributed by atoms with Gasteiger partial charge in [0.15, 0.2) is 5.78 Å². The number of ether oxygens (including phenoxy) is 1. The van der Waals surface area contributed by atoms with Crippen molar-refractivity contribution in [3.8, 4) is 0 Å². The van der Waals surface area contributed by atoms with E-state index in [-0.39, 0.29) is 0 Å². The van der Waals surface area contributed by atoms with Gasteiger partial charge in [-0.1, -0.05) is 46.5 Å². The van der Waals surface area contributed by atoms with Crippen molar-refractivity contribution in [3.63, 3.8) is 0 Å². The molecular formula is C18H34O2. The zero-order chi connectivity index (χ0) is 15.1. The topological polar surface area (TPSA) is 26.3 Å². The van der Waals surface area contributed by atoms with E-state index in [4.69, 9.17) is 4.74 Å². The smallest absolute Gasteiger partial charge is 0.164 e. The summed E-state index contributed by atoms with van der Waals surface area (Å²) in [4.78, 5) is 12.6. The van der Waals surface area contributed by atoms with Crippen LogP contribution in [0.1, 0.15) is 91.9 Å². The second kappa shape index (κ2) is 8.17. The molecule has 1 aliphatic carbocycles. The van der Waals surface area contributed by atoms with E-state index < -0.39 is 5.60 Å². The van der Waals surface area contributed by atoms with Gasteiger partial charge in [-0.05, 0) is 44.4 Å². The molecular weight excluding hydrogens is 248 g/mol. The molecule has 20 heavy (non-hydrogen) atoms. The van der Waals surface area contributed by atoms with Gasteiger partial charge >= 0.3 is 0 Å². The summed E-state index contributed by atoms with van der Waals surface area (Å²) < 4.78 is 5.95. The van der Waals surface area contributed by atoms with Crippen molar-refractivity contribution in [1.29, 1.82) is 0 Å². The monoisotopic (exact) mass is 282 g/mol. The molecule has 0 aromatic rings. The van der Waals surface area contributed by atoms with Crippen LogP contribution < -0.4 is 0 Å². The van der Waals surface area contributed by atoms with Crippen LogP contribution in [-0.2, 0) is 9.53 Å². The minimum atomic E-state index is -0.449. The Labute approximate surface area is 125 Å². The normalized spacial score (nSPS) is 20.8. The molecule has 1 aliphatic rings. The largest absolute Gasteiger partial charge is 0.368 e. The first kappa shape index (κ1) is 17.7. The lowest BCUT2D eigenvalue weighted by Crippen LogP contribution is -2.46. The SMILES string of the molecule is CCCCCCCC(=O)C1(OCC)CCC(C)(C)CC1. The molecule has 0 amide bonds. The fraction of sp³-hybridized carbons (Fsp3) is 0.944. The highest BCUT2D eigenvalue weighted by molar-refractivity contribution is 5.87. The van der Waals surface area contributed by atoms with Gasteiger partial charge in [0, 0.05) is 13.0 Å². The number of carbonyl (C=O) groups is 1. The number of carbonyl (C=O) groups excluding carboxylic acids is 1. The molecule has 2 heteroatoms. The zero-order valence-corrected chi connectivity index (χ0v) is 14.1. The predicted octanol–water partition coefficient (Wildman–Crippen LogP) is 5.29. The highest BCUT2D eigenvalue weighted by atomic mass is 16.5. The first-order valence-corrected chi connectivity index (χ1v) is 8.63. The first-order chi connectivity index (χ1) is 9.46. The molecule has 0 heterocycles. The number of Topliss-reactive ketones (excluding diaryl/α,β-unsaturated/α-hetero) is 1. The molecule has 118 valence electrons. The summed E-state index contributed by atoms with van der Waals surface area (Å²) in [6.45, 7) is 9.49. The Morgan fingerprint density at radius 3 is 2.10 bits per heavy atom. The Morgan fingerprint density at radius 2 is 1.55 bits per heavy atom. The molecule has 1 fully saturated rings. The minimum Gasteiger partial charge on any atom is -0.368 e. The molecule has 0 atom stereocenters. The molecule has 0 saturated heterocycles. The van der Waals surface area contributed by atoms with Crippen LogP contribution in [0.5, 0.6) is 0 Å². The molecule has 0 N–H and O–H groups in total. The third kappa shape index (κ3) is 5.20. The van der Waals surface area contributed by atoms with Crippen molar-refractivity contribution in [2.75, 3.05) is 6.61 Å². The number of rotatable bonds is 9. The van der Waals surface area contributed by atoms with E-state index in [1.54, 1.807) is 0 Å². The van der Waals surface area contributed by atoms with Gasteiger partial charge in [-0.2, -0.15) is 0 Å². The fourth-order valence-corrected chi connectivity index (χ4v) is 3.23. The second-order valence-electron chi connectivity index (χ2n) is 7.18. The van der Waals surface area contributed by atoms with E-state index >= 15 is 0 Å². The third-order valence-electron chi connectivity index (χ3n) is 4.85. The van der Waals surface area contributed by atoms with E-state index in [1.807, 2.05) is 6.92 Å². The summed E-state index contributed by atoms with van der Waals surface area (Å²) in [5.41, 5.74) is -0.0724. The lowest BCUT2D eigenvalue weighted by molar-refractivity contribution is -0.152. The van der Waals surface area contributed by atoms with Gasteiger partial charge in [0.1, 0.15) is 5.60 Å². The maximum atomic E-state index is 12.6. The Bertz CT molecular complexity index is 284. The molecule has 0 aliphatic heterocycles. The van der Waals surface area contributed by atoms with Crippen LogP contribution in [0.25, 0.3) is 0 Å². The van der Waals surface area contributed by atoms with Crippen LogP contribution in [0.4, 0.5) is 0 Å². The van der Waals surface area contributed by atoms with Gasteiger partial charge < -0.3 is 4.74 Å². The Balaban J connectivity index is 2.47. The molecule has 0 unspecified atom stereocenters. The van der Waals surface area contributed by atoms with Crippen molar-refractivity contribution < 1.29 is 9.53 Å². The lowest BCUT2D eigenvalue weighted by atomic mass is 9.69. The zero-order valence-electron chi connectivity index (χ0n) is 14.1. The van der Waals surface area contributed by atoms with E-state index in [2.05, 4.69) is 20.8 Å². The van der Waals surface area contributed by atoms with Gasteiger partial charge in [0.05, 0.1) is 0 Å². The first-order valence-electron chi connectivity index (χ1n) is 8.63. The van der Waals surface area contributed by atoms with Gasteiger partial charge in [-0.15, -0.1) is 0 Å². The van der Waals surface area contributed by atoms with E-state index in [0.29, 0.717) is 24.2 Å². The summed E-state index contributed by atoms with van der Waals surface area (Å²) in [7, 11) is 0. The maximum Gasteiger partial charge on any atom is 0.164 e. The van der Waals surface area contributed by atoms with Crippen molar-refractivity contribution in [3.05, 3.63) is 0 Å². The third-order valence-corrected chi connectivity index (χ3v) is 4.85. The van der Waals surface area contributed by atoms with Crippen LogP contribution in [0.15, 0.2) is 0 Å². The molecule has 0 bridgehead atoms. The van der Waals surface area contributed by atoms with Crippen LogP contribution in [0.2, 0.25) is 0 Å². The molecule has 0 spiro atoms. The van der Waals surface area contributed by atoms with Crippen LogP contribution in [0.3, 0.4) is 0 Å². The predicted molar refractivity (Wildman–Crippen MR) is 85.0 cm³/mol. The molecule has 2 nitrogen and oxygen atoms in total. The van der Waals surface area contributed by atoms with E-state index in [1.165, 1.54) is 25.7 Å². The number of hydrogen-bond donors (Lipinski definition) is 0. The standard InChI is InChI=1S/C18H34O2/c1-5-7-8-9-10-11-16(19)18(20-6-2)14-12-17(3,4)13-15-18/h5-15H2,1-4H3. The number of unbranched alkanes of at least 4 members (excludes halogenated alkanes) is 4. The van der Waals surface area contributed by atoms with Crippen molar-refractivity contribution >= 4 is 5.78 Å². The van der Waals surface area contributed by atoms with Gasteiger partial charge in [0.25, 0.3) is 0 Å². The van der Waals surface area contributed by atoms with Gasteiger partial charge in [-0.3, -0.25) is 4.79 Å². The maximum absolute atomic E-state index is 12.6. The molecule has 1 rings (SSSR count). The average Bonchev–Trinajstić information content (AvgIpc) is 2.41. The Hall–Kier alpha value is -0.370. The quantitative estimate of drug-likeness (QED) is 0.537. The van der Waals surface area contributed by atoms with E-state index in [0.717, 1.165) is 32.1 Å². The van der Waals surface area contributed by atoms with Gasteiger partial charge in [-0.25, -0.2) is 0 Å². The second-order valence-corrected chi connectivity index (χ2v) is 7.18. The van der Waals surface area contributed by atoms with Gasteiger partial charge in [0.2, 0.25) is 0 Å². The highest BCUT2D eigenvalue weighted by Gasteiger charge is 2.43. The average molecular weight is 282 g/mol. The number of ketones is 1. The Morgan fingerprint density at radius 1 is 0.950 bits per heavy atom. The Kier molecular flexibility index (Phi) is 7.22. The summed E-state index contributed by atoms with van der Waals surface area (Å²) in [5, 5.41) is 0. The minimum absolute atomic E-state index is 0.367. The molecule has 1 saturated carbocycles. The summed E-state index contributed by atoms with van der Waals surface area (Å²) in [6, 6.07) is 0. The summed E-state index contributed by atoms with van der Waals surface area (Å²) in [6.07, 6.45) is 10.8. The van der Waals surface area contributed by atoms with Crippen LogP contribution in [0, 0.1) is 5.41 Å². The summed E-state index contributed by atoms with van der Waals surface area (Å²) >= 11 is 0. The van der Waals surface area contributed by atoms with Crippen molar-refractivity contribution in [2.45, 2.75) is 97.5 Å². The summed E-state index contributed by atoms with van der Waals surface area (Å²) in [5.74, 6) is 0.367. The fourth-order valence-electron chi connectivity index (χ4n) is 3.23. The lowest BCUT2D eigenvalue weighted by Gasteiger charge is -2.42. The van der Waals surface area contributed by atoms with E-state index in [9.17, 15) is 4.79 Å². The molecule has 0 radical (unpaired) electrons. The van der Waals surface area contributed by atoms with Crippen molar-refractivity contribution in [1.82, 2.24) is 0 Å². The molecule has 0 aromatic heterocycles. The highest BCUT2D eigenvalue weighted by Crippen LogP contribution is 2.43. The number of hydrogen-bond acceptors (Lipinski definition) is 2. The van der Waals surface area contributed by atoms with Crippen molar-refractivity contribution in [2.24, 2.45) is 5.41 Å².